The lowest BCUT2D eigenvalue weighted by Gasteiger charge is -2.09. The van der Waals surface area contributed by atoms with Crippen molar-refractivity contribution in [3.63, 3.8) is 0 Å². The van der Waals surface area contributed by atoms with E-state index in [0.717, 1.165) is 15.7 Å². The van der Waals surface area contributed by atoms with Gasteiger partial charge >= 0.3 is 5.97 Å². The fraction of sp³-hybridized carbons (Fsp3) is 0.417. The largest absolute Gasteiger partial charge is 0.465 e. The summed E-state index contributed by atoms with van der Waals surface area (Å²) in [4.78, 5) is 12.4. The first-order chi connectivity index (χ1) is 8.13. The Hall–Kier alpha value is -0.710. The van der Waals surface area contributed by atoms with Crippen molar-refractivity contribution >= 4 is 29.3 Å². The lowest BCUT2D eigenvalue weighted by molar-refractivity contribution is -0.144. The number of halogens is 1. The quantitative estimate of drug-likeness (QED) is 0.640. The number of hydrogen-bond acceptors (Lipinski definition) is 4. The average molecular weight is 274 g/mol. The maximum Gasteiger partial charge on any atom is 0.322 e. The highest BCUT2D eigenvalue weighted by Gasteiger charge is 2.13. The van der Waals surface area contributed by atoms with Gasteiger partial charge in [-0.15, -0.1) is 11.8 Å². The maximum absolute atomic E-state index is 11.3. The summed E-state index contributed by atoms with van der Waals surface area (Å²) in [5, 5.41) is 0.720. The molecule has 1 aromatic rings. The standard InChI is InChI=1S/C12H16ClNO2S/c1-2-16-12(15)11(14)7-8-17-10-5-3-9(13)4-6-10/h3-6,11H,2,7-8,14H2,1H3. The van der Waals surface area contributed by atoms with Gasteiger partial charge in [0.05, 0.1) is 6.61 Å². The second kappa shape index (κ2) is 7.58. The van der Waals surface area contributed by atoms with E-state index >= 15 is 0 Å². The molecular weight excluding hydrogens is 258 g/mol. The van der Waals surface area contributed by atoms with Gasteiger partial charge in [0.15, 0.2) is 0 Å². The molecule has 0 saturated heterocycles. The first-order valence-electron chi connectivity index (χ1n) is 5.44. The van der Waals surface area contributed by atoms with Crippen LogP contribution in [0.15, 0.2) is 29.2 Å². The van der Waals surface area contributed by atoms with Gasteiger partial charge in [-0.05, 0) is 37.6 Å². The number of thioether (sulfide) groups is 1. The number of carbonyl (C=O) groups is 1. The molecule has 5 heteroatoms. The van der Waals surface area contributed by atoms with Crippen LogP contribution in [-0.2, 0) is 9.53 Å². The van der Waals surface area contributed by atoms with Crippen LogP contribution >= 0.6 is 23.4 Å². The molecule has 0 aliphatic heterocycles. The van der Waals surface area contributed by atoms with Crippen LogP contribution in [0.5, 0.6) is 0 Å². The fourth-order valence-corrected chi connectivity index (χ4v) is 2.26. The minimum Gasteiger partial charge on any atom is -0.465 e. The Kier molecular flexibility index (Phi) is 6.40. The van der Waals surface area contributed by atoms with E-state index in [1.54, 1.807) is 18.7 Å². The third-order valence-electron chi connectivity index (χ3n) is 2.10. The van der Waals surface area contributed by atoms with Gasteiger partial charge in [0.2, 0.25) is 0 Å². The van der Waals surface area contributed by atoms with Crippen molar-refractivity contribution < 1.29 is 9.53 Å². The fourth-order valence-electron chi connectivity index (χ4n) is 1.20. The number of benzene rings is 1. The summed E-state index contributed by atoms with van der Waals surface area (Å²) in [5.74, 6) is 0.450. The summed E-state index contributed by atoms with van der Waals surface area (Å²) >= 11 is 7.43. The van der Waals surface area contributed by atoms with Crippen LogP contribution in [0.4, 0.5) is 0 Å². The van der Waals surface area contributed by atoms with Crippen molar-refractivity contribution in [3.8, 4) is 0 Å². The molecule has 0 bridgehead atoms. The zero-order chi connectivity index (χ0) is 12.7. The summed E-state index contributed by atoms with van der Waals surface area (Å²) in [6, 6.07) is 7.05. The summed E-state index contributed by atoms with van der Waals surface area (Å²) < 4.78 is 4.83. The topological polar surface area (TPSA) is 52.3 Å². The second-order valence-corrected chi connectivity index (χ2v) is 5.05. The number of nitrogens with two attached hydrogens (primary N) is 1. The second-order valence-electron chi connectivity index (χ2n) is 3.45. The SMILES string of the molecule is CCOC(=O)C(N)CCSc1ccc(Cl)cc1. The van der Waals surface area contributed by atoms with Crippen molar-refractivity contribution in [2.45, 2.75) is 24.3 Å². The van der Waals surface area contributed by atoms with Crippen molar-refractivity contribution in [2.24, 2.45) is 5.73 Å². The van der Waals surface area contributed by atoms with Crippen molar-refractivity contribution in [1.82, 2.24) is 0 Å². The number of hydrogen-bond donors (Lipinski definition) is 1. The van der Waals surface area contributed by atoms with Crippen LogP contribution in [0.1, 0.15) is 13.3 Å². The van der Waals surface area contributed by atoms with Crippen molar-refractivity contribution in [3.05, 3.63) is 29.3 Å². The Morgan fingerprint density at radius 1 is 1.47 bits per heavy atom. The summed E-state index contributed by atoms with van der Waals surface area (Å²) in [7, 11) is 0. The van der Waals surface area contributed by atoms with Gasteiger partial charge in [0.1, 0.15) is 6.04 Å². The molecule has 0 fully saturated rings. The van der Waals surface area contributed by atoms with E-state index in [2.05, 4.69) is 0 Å². The zero-order valence-corrected chi connectivity index (χ0v) is 11.3. The summed E-state index contributed by atoms with van der Waals surface area (Å²) in [6.07, 6.45) is 0.603. The third kappa shape index (κ3) is 5.44. The van der Waals surface area contributed by atoms with Crippen LogP contribution < -0.4 is 5.73 Å². The highest BCUT2D eigenvalue weighted by molar-refractivity contribution is 7.99. The number of carbonyl (C=O) groups excluding carboxylic acids is 1. The first kappa shape index (κ1) is 14.4. The molecule has 0 saturated carbocycles. The van der Waals surface area contributed by atoms with E-state index in [4.69, 9.17) is 22.1 Å². The van der Waals surface area contributed by atoms with E-state index in [0.29, 0.717) is 13.0 Å². The minimum atomic E-state index is -0.533. The van der Waals surface area contributed by atoms with Crippen LogP contribution in [0.3, 0.4) is 0 Å². The number of ether oxygens (including phenoxy) is 1. The summed E-state index contributed by atoms with van der Waals surface area (Å²) in [5.41, 5.74) is 5.68. The molecule has 3 nitrogen and oxygen atoms in total. The van der Waals surface area contributed by atoms with Crippen molar-refractivity contribution in [1.29, 1.82) is 0 Å². The molecule has 1 unspecified atom stereocenters. The Morgan fingerprint density at radius 2 is 2.12 bits per heavy atom. The predicted octanol–water partition coefficient (Wildman–Crippen LogP) is 2.71. The van der Waals surface area contributed by atoms with E-state index in [-0.39, 0.29) is 5.97 Å². The third-order valence-corrected chi connectivity index (χ3v) is 3.40. The van der Waals surface area contributed by atoms with Gasteiger partial charge in [-0.3, -0.25) is 4.79 Å². The molecule has 0 radical (unpaired) electrons. The lowest BCUT2D eigenvalue weighted by Crippen LogP contribution is -2.32. The molecule has 0 amide bonds. The molecule has 0 aromatic heterocycles. The highest BCUT2D eigenvalue weighted by Crippen LogP contribution is 2.21. The average Bonchev–Trinajstić information content (AvgIpc) is 2.32. The molecular formula is C12H16ClNO2S. The number of esters is 1. The molecule has 0 aliphatic rings. The Labute approximate surface area is 111 Å². The number of rotatable bonds is 6. The van der Waals surface area contributed by atoms with Crippen LogP contribution in [0.2, 0.25) is 5.02 Å². The molecule has 94 valence electrons. The van der Waals surface area contributed by atoms with Crippen LogP contribution in [-0.4, -0.2) is 24.4 Å². The van der Waals surface area contributed by atoms with Gasteiger partial charge in [0, 0.05) is 15.7 Å². The normalized spacial score (nSPS) is 12.2. The Bertz CT molecular complexity index is 356. The molecule has 1 aromatic carbocycles. The highest BCUT2D eigenvalue weighted by atomic mass is 35.5. The van der Waals surface area contributed by atoms with Crippen LogP contribution in [0, 0.1) is 0 Å². The first-order valence-corrected chi connectivity index (χ1v) is 6.80. The maximum atomic E-state index is 11.3. The van der Waals surface area contributed by atoms with Gasteiger partial charge in [-0.2, -0.15) is 0 Å². The lowest BCUT2D eigenvalue weighted by atomic mass is 10.2. The minimum absolute atomic E-state index is 0.329. The van der Waals surface area contributed by atoms with E-state index in [1.807, 2.05) is 24.3 Å². The van der Waals surface area contributed by atoms with Crippen LogP contribution in [0.25, 0.3) is 0 Å². The molecule has 1 rings (SSSR count). The monoisotopic (exact) mass is 273 g/mol. The van der Waals surface area contributed by atoms with E-state index in [1.165, 1.54) is 0 Å². The molecule has 0 aliphatic carbocycles. The predicted molar refractivity (Wildman–Crippen MR) is 71.4 cm³/mol. The van der Waals surface area contributed by atoms with Crippen molar-refractivity contribution in [2.75, 3.05) is 12.4 Å². The molecule has 17 heavy (non-hydrogen) atoms. The molecule has 0 heterocycles. The van der Waals surface area contributed by atoms with Gasteiger partial charge in [-0.1, -0.05) is 11.6 Å². The molecule has 2 N–H and O–H groups in total. The van der Waals surface area contributed by atoms with Gasteiger partial charge in [-0.25, -0.2) is 0 Å². The van der Waals surface area contributed by atoms with Gasteiger partial charge < -0.3 is 10.5 Å². The summed E-state index contributed by atoms with van der Waals surface area (Å²) in [6.45, 7) is 2.14. The van der Waals surface area contributed by atoms with E-state index < -0.39 is 6.04 Å². The zero-order valence-electron chi connectivity index (χ0n) is 9.69. The Morgan fingerprint density at radius 3 is 2.71 bits per heavy atom. The van der Waals surface area contributed by atoms with E-state index in [9.17, 15) is 4.79 Å². The smallest absolute Gasteiger partial charge is 0.322 e. The molecule has 1 atom stereocenters. The molecule has 0 spiro atoms. The van der Waals surface area contributed by atoms with Gasteiger partial charge in [0.25, 0.3) is 0 Å². The Balaban J connectivity index is 2.27.